The van der Waals surface area contributed by atoms with E-state index in [2.05, 4.69) is 10.3 Å². The third-order valence-electron chi connectivity index (χ3n) is 2.30. The van der Waals surface area contributed by atoms with Crippen molar-refractivity contribution in [3.05, 3.63) is 48.4 Å². The number of rotatable bonds is 5. The van der Waals surface area contributed by atoms with Crippen molar-refractivity contribution >= 4 is 11.5 Å². The number of hydrogen-bond donors (Lipinski definition) is 2. The Balaban J connectivity index is 1.76. The summed E-state index contributed by atoms with van der Waals surface area (Å²) in [6, 6.07) is 10.0. The van der Waals surface area contributed by atoms with E-state index in [9.17, 15) is 4.39 Å². The van der Waals surface area contributed by atoms with Gasteiger partial charge in [-0.2, -0.15) is 0 Å². The average Bonchev–Trinajstić information content (AvgIpc) is 2.39. The van der Waals surface area contributed by atoms with Crippen LogP contribution in [0.5, 0.6) is 5.75 Å². The second kappa shape index (κ2) is 5.86. The Morgan fingerprint density at radius 1 is 1.22 bits per heavy atom. The van der Waals surface area contributed by atoms with E-state index in [0.29, 0.717) is 18.8 Å². The molecule has 1 heterocycles. The molecule has 0 fully saturated rings. The Hall–Kier alpha value is -2.30. The topological polar surface area (TPSA) is 60.2 Å². The lowest BCUT2D eigenvalue weighted by molar-refractivity contribution is 0.332. The molecule has 18 heavy (non-hydrogen) atoms. The molecule has 0 amide bonds. The first kappa shape index (κ1) is 12.2. The zero-order valence-electron chi connectivity index (χ0n) is 9.77. The normalized spacial score (nSPS) is 10.1. The third-order valence-corrected chi connectivity index (χ3v) is 2.30. The van der Waals surface area contributed by atoms with Gasteiger partial charge in [-0.25, -0.2) is 9.37 Å². The van der Waals surface area contributed by atoms with E-state index in [-0.39, 0.29) is 11.6 Å². The Kier molecular flexibility index (Phi) is 3.96. The minimum Gasteiger partial charge on any atom is -0.492 e. The summed E-state index contributed by atoms with van der Waals surface area (Å²) in [6.45, 7) is 0.887. The highest BCUT2D eigenvalue weighted by Gasteiger charge is 2.00. The molecular weight excluding hydrogens is 233 g/mol. The number of nitrogen functional groups attached to an aromatic ring is 1. The van der Waals surface area contributed by atoms with E-state index in [4.69, 9.17) is 10.5 Å². The fraction of sp³-hybridized carbons (Fsp3) is 0.154. The first-order chi connectivity index (χ1) is 8.75. The molecule has 0 aliphatic rings. The molecule has 0 bridgehead atoms. The number of aromatic nitrogens is 1. The largest absolute Gasteiger partial charge is 0.492 e. The first-order valence-corrected chi connectivity index (χ1v) is 5.58. The van der Waals surface area contributed by atoms with Gasteiger partial charge in [-0.1, -0.05) is 0 Å². The number of anilines is 2. The van der Waals surface area contributed by atoms with Crippen LogP contribution in [0.4, 0.5) is 15.9 Å². The van der Waals surface area contributed by atoms with Gasteiger partial charge in [0.1, 0.15) is 12.4 Å². The summed E-state index contributed by atoms with van der Waals surface area (Å²) in [5, 5.41) is 2.86. The van der Waals surface area contributed by atoms with Crippen LogP contribution in [0.15, 0.2) is 42.6 Å². The van der Waals surface area contributed by atoms with Crippen molar-refractivity contribution in [3.63, 3.8) is 0 Å². The average molecular weight is 247 g/mol. The molecule has 1 aromatic heterocycles. The zero-order valence-corrected chi connectivity index (χ0v) is 9.77. The Morgan fingerprint density at radius 2 is 2.00 bits per heavy atom. The van der Waals surface area contributed by atoms with Crippen molar-refractivity contribution in [1.82, 2.24) is 4.98 Å². The minimum absolute atomic E-state index is 0.235. The van der Waals surface area contributed by atoms with Crippen LogP contribution < -0.4 is 15.8 Å². The molecule has 2 rings (SSSR count). The summed E-state index contributed by atoms with van der Waals surface area (Å²) in [5.41, 5.74) is 6.25. The highest BCUT2D eigenvalue weighted by molar-refractivity contribution is 5.41. The van der Waals surface area contributed by atoms with Gasteiger partial charge in [0.05, 0.1) is 6.54 Å². The highest BCUT2D eigenvalue weighted by Crippen LogP contribution is 2.13. The monoisotopic (exact) mass is 247 g/mol. The van der Waals surface area contributed by atoms with Gasteiger partial charge in [0.2, 0.25) is 0 Å². The SMILES string of the molecule is Nc1ccc(OCCNc2ncccc2F)cc1. The molecule has 0 saturated heterocycles. The number of benzene rings is 1. The molecule has 4 nitrogen and oxygen atoms in total. The fourth-order valence-corrected chi connectivity index (χ4v) is 1.42. The van der Waals surface area contributed by atoms with Gasteiger partial charge in [0, 0.05) is 11.9 Å². The van der Waals surface area contributed by atoms with Crippen LogP contribution in [-0.2, 0) is 0 Å². The number of hydrogen-bond acceptors (Lipinski definition) is 4. The zero-order chi connectivity index (χ0) is 12.8. The predicted octanol–water partition coefficient (Wildman–Crippen LogP) is 2.29. The van der Waals surface area contributed by atoms with Crippen molar-refractivity contribution in [3.8, 4) is 5.75 Å². The summed E-state index contributed by atoms with van der Waals surface area (Å²) in [6.07, 6.45) is 1.53. The standard InChI is InChI=1S/C13H14FN3O/c14-12-2-1-7-16-13(12)17-8-9-18-11-5-3-10(15)4-6-11/h1-7H,8-9,15H2,(H,16,17). The molecule has 3 N–H and O–H groups in total. The lowest BCUT2D eigenvalue weighted by Crippen LogP contribution is -2.13. The second-order valence-corrected chi connectivity index (χ2v) is 3.68. The molecule has 0 aliphatic carbocycles. The molecule has 5 heteroatoms. The van der Waals surface area contributed by atoms with Crippen molar-refractivity contribution in [2.24, 2.45) is 0 Å². The van der Waals surface area contributed by atoms with Gasteiger partial charge < -0.3 is 15.8 Å². The molecule has 2 aromatic rings. The quantitative estimate of drug-likeness (QED) is 0.628. The van der Waals surface area contributed by atoms with Crippen molar-refractivity contribution < 1.29 is 9.13 Å². The van der Waals surface area contributed by atoms with Crippen LogP contribution in [0.3, 0.4) is 0 Å². The molecule has 94 valence electrons. The van der Waals surface area contributed by atoms with E-state index in [1.807, 2.05) is 0 Å². The van der Waals surface area contributed by atoms with E-state index < -0.39 is 0 Å². The molecular formula is C13H14FN3O. The molecule has 1 aromatic carbocycles. The summed E-state index contributed by atoms with van der Waals surface area (Å²) in [7, 11) is 0. The molecule has 0 spiro atoms. The van der Waals surface area contributed by atoms with Gasteiger partial charge in [0.15, 0.2) is 11.6 Å². The number of nitrogens with zero attached hydrogens (tertiary/aromatic N) is 1. The van der Waals surface area contributed by atoms with Crippen LogP contribution in [-0.4, -0.2) is 18.1 Å². The van der Waals surface area contributed by atoms with E-state index in [0.717, 1.165) is 5.75 Å². The van der Waals surface area contributed by atoms with Gasteiger partial charge in [-0.05, 0) is 36.4 Å². The molecule has 0 aliphatic heterocycles. The van der Waals surface area contributed by atoms with E-state index in [1.54, 1.807) is 30.3 Å². The predicted molar refractivity (Wildman–Crippen MR) is 69.0 cm³/mol. The van der Waals surface area contributed by atoms with Crippen molar-refractivity contribution in [1.29, 1.82) is 0 Å². The minimum atomic E-state index is -0.370. The van der Waals surface area contributed by atoms with Crippen LogP contribution in [0.25, 0.3) is 0 Å². The lowest BCUT2D eigenvalue weighted by atomic mass is 10.3. The number of nitrogens with two attached hydrogens (primary N) is 1. The molecule has 0 radical (unpaired) electrons. The number of halogens is 1. The Labute approximate surface area is 105 Å². The first-order valence-electron chi connectivity index (χ1n) is 5.58. The van der Waals surface area contributed by atoms with Gasteiger partial charge in [-0.15, -0.1) is 0 Å². The van der Waals surface area contributed by atoms with Crippen molar-refractivity contribution in [2.45, 2.75) is 0 Å². The fourth-order valence-electron chi connectivity index (χ4n) is 1.42. The van der Waals surface area contributed by atoms with Crippen molar-refractivity contribution in [2.75, 3.05) is 24.2 Å². The third kappa shape index (κ3) is 3.35. The number of ether oxygens (including phenoxy) is 1. The highest BCUT2D eigenvalue weighted by atomic mass is 19.1. The summed E-state index contributed by atoms with van der Waals surface area (Å²) < 4.78 is 18.7. The summed E-state index contributed by atoms with van der Waals surface area (Å²) >= 11 is 0. The smallest absolute Gasteiger partial charge is 0.165 e. The lowest BCUT2D eigenvalue weighted by Gasteiger charge is -2.08. The number of pyridine rings is 1. The summed E-state index contributed by atoms with van der Waals surface area (Å²) in [4.78, 5) is 3.88. The second-order valence-electron chi connectivity index (χ2n) is 3.68. The van der Waals surface area contributed by atoms with Gasteiger partial charge in [-0.3, -0.25) is 0 Å². The van der Waals surface area contributed by atoms with E-state index >= 15 is 0 Å². The maximum Gasteiger partial charge on any atom is 0.165 e. The molecule has 0 unspecified atom stereocenters. The Bertz CT molecular complexity index is 502. The molecule has 0 atom stereocenters. The molecule has 0 saturated carbocycles. The Morgan fingerprint density at radius 3 is 2.72 bits per heavy atom. The van der Waals surface area contributed by atoms with Crippen LogP contribution in [0.1, 0.15) is 0 Å². The maximum absolute atomic E-state index is 13.2. The number of nitrogens with one attached hydrogen (secondary N) is 1. The summed E-state index contributed by atoms with van der Waals surface area (Å²) in [5.74, 6) is 0.593. The van der Waals surface area contributed by atoms with Gasteiger partial charge in [0.25, 0.3) is 0 Å². The van der Waals surface area contributed by atoms with Crippen LogP contribution in [0, 0.1) is 5.82 Å². The maximum atomic E-state index is 13.2. The van der Waals surface area contributed by atoms with Gasteiger partial charge >= 0.3 is 0 Å². The van der Waals surface area contributed by atoms with Crippen LogP contribution in [0.2, 0.25) is 0 Å². The van der Waals surface area contributed by atoms with E-state index in [1.165, 1.54) is 12.3 Å². The van der Waals surface area contributed by atoms with Crippen LogP contribution >= 0.6 is 0 Å².